The van der Waals surface area contributed by atoms with Gasteiger partial charge in [0.05, 0.1) is 0 Å². The molecule has 29 heavy (non-hydrogen) atoms. The van der Waals surface area contributed by atoms with E-state index in [0.29, 0.717) is 0 Å². The predicted octanol–water partition coefficient (Wildman–Crippen LogP) is 7.28. The molecule has 144 valence electrons. The van der Waals surface area contributed by atoms with Crippen molar-refractivity contribution < 1.29 is 4.74 Å². The number of aryl methyl sites for hydroxylation is 2. The van der Waals surface area contributed by atoms with Gasteiger partial charge in [-0.25, -0.2) is 0 Å². The summed E-state index contributed by atoms with van der Waals surface area (Å²) in [4.78, 5) is 0. The van der Waals surface area contributed by atoms with Crippen molar-refractivity contribution >= 4 is 0 Å². The van der Waals surface area contributed by atoms with Gasteiger partial charge in [0.15, 0.2) is 0 Å². The summed E-state index contributed by atoms with van der Waals surface area (Å²) >= 11 is 0. The number of benzene rings is 4. The minimum absolute atomic E-state index is 0.867. The van der Waals surface area contributed by atoms with Crippen molar-refractivity contribution in [3.63, 3.8) is 0 Å². The summed E-state index contributed by atoms with van der Waals surface area (Å²) < 4.78 is 5.92. The second kappa shape index (κ2) is 8.79. The summed E-state index contributed by atoms with van der Waals surface area (Å²) in [6.45, 7) is 4.20. The fourth-order valence-corrected chi connectivity index (χ4v) is 3.37. The van der Waals surface area contributed by atoms with Crippen molar-refractivity contribution in [2.75, 3.05) is 0 Å². The normalized spacial score (nSPS) is 10.7. The third-order valence-electron chi connectivity index (χ3n) is 5.14. The lowest BCUT2D eigenvalue weighted by molar-refractivity contribution is 0.482. The fraction of sp³-hybridized carbons (Fsp3) is 0.143. The van der Waals surface area contributed by atoms with Crippen LogP contribution in [-0.4, -0.2) is 0 Å². The monoisotopic (exact) mass is 378 g/mol. The van der Waals surface area contributed by atoms with Crippen molar-refractivity contribution in [1.29, 1.82) is 0 Å². The highest BCUT2D eigenvalue weighted by atomic mass is 16.5. The first-order valence-corrected chi connectivity index (χ1v) is 10.1. The Hall–Kier alpha value is -3.32. The first-order valence-electron chi connectivity index (χ1n) is 10.1. The minimum atomic E-state index is 0.867. The van der Waals surface area contributed by atoms with E-state index in [0.717, 1.165) is 24.3 Å². The van der Waals surface area contributed by atoms with E-state index in [1.165, 1.54) is 33.4 Å². The van der Waals surface area contributed by atoms with Gasteiger partial charge in [0, 0.05) is 0 Å². The van der Waals surface area contributed by atoms with Crippen LogP contribution in [0.1, 0.15) is 33.4 Å². The Morgan fingerprint density at radius 1 is 0.414 bits per heavy atom. The molecule has 0 amide bonds. The third-order valence-corrected chi connectivity index (χ3v) is 5.14. The second-order valence-corrected chi connectivity index (χ2v) is 7.71. The molecule has 0 radical (unpaired) electrons. The zero-order valence-electron chi connectivity index (χ0n) is 17.1. The standard InChI is InChI=1S/C28H26O/c1-21-3-7-23(8-4-21)19-24-9-11-25(12-10-24)20-26-13-17-28(18-14-26)29-27-15-5-22(2)6-16-27/h3-18H,19-20H2,1-2H3. The lowest BCUT2D eigenvalue weighted by atomic mass is 10.00. The summed E-state index contributed by atoms with van der Waals surface area (Å²) in [6, 6.07) is 34.2. The topological polar surface area (TPSA) is 9.23 Å². The van der Waals surface area contributed by atoms with Gasteiger partial charge in [-0.05, 0) is 73.2 Å². The van der Waals surface area contributed by atoms with Gasteiger partial charge >= 0.3 is 0 Å². The zero-order chi connectivity index (χ0) is 20.1. The van der Waals surface area contributed by atoms with Crippen LogP contribution in [0, 0.1) is 13.8 Å². The van der Waals surface area contributed by atoms with Gasteiger partial charge in [-0.15, -0.1) is 0 Å². The molecular formula is C28H26O. The maximum absolute atomic E-state index is 5.92. The number of ether oxygens (including phenoxy) is 1. The number of hydrogen-bond donors (Lipinski definition) is 0. The highest BCUT2D eigenvalue weighted by Crippen LogP contribution is 2.23. The molecule has 0 aliphatic carbocycles. The van der Waals surface area contributed by atoms with Gasteiger partial charge in [0.2, 0.25) is 0 Å². The molecule has 0 spiro atoms. The molecule has 0 aromatic heterocycles. The van der Waals surface area contributed by atoms with E-state index in [4.69, 9.17) is 4.74 Å². The Morgan fingerprint density at radius 3 is 1.10 bits per heavy atom. The zero-order valence-corrected chi connectivity index (χ0v) is 17.1. The van der Waals surface area contributed by atoms with Crippen molar-refractivity contribution in [1.82, 2.24) is 0 Å². The maximum atomic E-state index is 5.92. The van der Waals surface area contributed by atoms with Crippen LogP contribution in [0.5, 0.6) is 11.5 Å². The number of hydrogen-bond acceptors (Lipinski definition) is 1. The van der Waals surface area contributed by atoms with Crippen molar-refractivity contribution in [2.45, 2.75) is 26.7 Å². The maximum Gasteiger partial charge on any atom is 0.127 e. The van der Waals surface area contributed by atoms with Gasteiger partial charge in [0.1, 0.15) is 11.5 Å². The summed E-state index contributed by atoms with van der Waals surface area (Å²) in [5.74, 6) is 1.73. The van der Waals surface area contributed by atoms with E-state index < -0.39 is 0 Å². The second-order valence-electron chi connectivity index (χ2n) is 7.71. The largest absolute Gasteiger partial charge is 0.457 e. The van der Waals surface area contributed by atoms with E-state index in [1.807, 2.05) is 24.3 Å². The van der Waals surface area contributed by atoms with E-state index in [-0.39, 0.29) is 0 Å². The van der Waals surface area contributed by atoms with Gasteiger partial charge in [-0.1, -0.05) is 83.9 Å². The number of rotatable bonds is 6. The van der Waals surface area contributed by atoms with Crippen LogP contribution in [0.25, 0.3) is 0 Å². The Morgan fingerprint density at radius 2 is 0.690 bits per heavy atom. The molecule has 0 fully saturated rings. The van der Waals surface area contributed by atoms with Crippen LogP contribution >= 0.6 is 0 Å². The molecule has 1 heteroatoms. The summed E-state index contributed by atoms with van der Waals surface area (Å²) in [6.07, 6.45) is 1.90. The van der Waals surface area contributed by atoms with E-state index >= 15 is 0 Å². The molecule has 0 saturated carbocycles. The van der Waals surface area contributed by atoms with Crippen LogP contribution in [0.4, 0.5) is 0 Å². The van der Waals surface area contributed by atoms with Gasteiger partial charge in [0.25, 0.3) is 0 Å². The lowest BCUT2D eigenvalue weighted by Gasteiger charge is -2.08. The highest BCUT2D eigenvalue weighted by molar-refractivity contribution is 5.37. The molecule has 0 atom stereocenters. The molecule has 0 N–H and O–H groups in total. The third kappa shape index (κ3) is 5.36. The summed E-state index contributed by atoms with van der Waals surface area (Å²) in [5.41, 5.74) is 7.85. The minimum Gasteiger partial charge on any atom is -0.457 e. The fourth-order valence-electron chi connectivity index (χ4n) is 3.37. The lowest BCUT2D eigenvalue weighted by Crippen LogP contribution is -1.92. The Bertz CT molecular complexity index is 952. The van der Waals surface area contributed by atoms with Crippen LogP contribution in [0.3, 0.4) is 0 Å². The van der Waals surface area contributed by atoms with Crippen LogP contribution in [-0.2, 0) is 12.8 Å². The smallest absolute Gasteiger partial charge is 0.127 e. The van der Waals surface area contributed by atoms with E-state index in [9.17, 15) is 0 Å². The van der Waals surface area contributed by atoms with Crippen LogP contribution in [0.2, 0.25) is 0 Å². The average Bonchev–Trinajstić information content (AvgIpc) is 2.74. The molecule has 0 unspecified atom stereocenters. The molecule has 0 bridgehead atoms. The van der Waals surface area contributed by atoms with Crippen LogP contribution in [0.15, 0.2) is 97.1 Å². The molecule has 4 aromatic rings. The summed E-state index contributed by atoms with van der Waals surface area (Å²) in [7, 11) is 0. The quantitative estimate of drug-likeness (QED) is 0.342. The van der Waals surface area contributed by atoms with E-state index in [2.05, 4.69) is 86.6 Å². The van der Waals surface area contributed by atoms with Gasteiger partial charge in [-0.2, -0.15) is 0 Å². The molecule has 0 saturated heterocycles. The van der Waals surface area contributed by atoms with Crippen molar-refractivity contribution in [2.24, 2.45) is 0 Å². The predicted molar refractivity (Wildman–Crippen MR) is 121 cm³/mol. The van der Waals surface area contributed by atoms with Crippen molar-refractivity contribution in [3.8, 4) is 11.5 Å². The first kappa shape index (κ1) is 19.0. The van der Waals surface area contributed by atoms with Crippen molar-refractivity contribution in [3.05, 3.63) is 130 Å². The van der Waals surface area contributed by atoms with Gasteiger partial charge in [-0.3, -0.25) is 0 Å². The molecule has 0 heterocycles. The molecule has 4 aromatic carbocycles. The van der Waals surface area contributed by atoms with Crippen LogP contribution < -0.4 is 4.74 Å². The molecule has 0 aliphatic rings. The SMILES string of the molecule is Cc1ccc(Cc2ccc(Cc3ccc(Oc4ccc(C)cc4)cc3)cc2)cc1. The summed E-state index contributed by atoms with van der Waals surface area (Å²) in [5, 5.41) is 0. The Balaban J connectivity index is 1.36. The van der Waals surface area contributed by atoms with E-state index in [1.54, 1.807) is 0 Å². The molecule has 4 rings (SSSR count). The van der Waals surface area contributed by atoms with Gasteiger partial charge < -0.3 is 4.74 Å². The molecule has 1 nitrogen and oxygen atoms in total. The Kier molecular flexibility index (Phi) is 5.76. The molecule has 0 aliphatic heterocycles. The average molecular weight is 379 g/mol. The highest BCUT2D eigenvalue weighted by Gasteiger charge is 2.01. The Labute approximate surface area is 173 Å². The molecular weight excluding hydrogens is 352 g/mol. The first-order chi connectivity index (χ1) is 14.1.